The van der Waals surface area contributed by atoms with E-state index in [1.54, 1.807) is 17.3 Å². The van der Waals surface area contributed by atoms with Gasteiger partial charge in [0.05, 0.1) is 25.3 Å². The number of nitrogens with one attached hydrogen (secondary N) is 2. The van der Waals surface area contributed by atoms with E-state index in [0.29, 0.717) is 5.82 Å². The molecule has 0 unspecified atom stereocenters. The summed E-state index contributed by atoms with van der Waals surface area (Å²) in [6.07, 6.45) is 4.67. The minimum Gasteiger partial charge on any atom is -0.370 e. The molecular weight excluding hydrogens is 326 g/mol. The Morgan fingerprint density at radius 3 is 2.77 bits per heavy atom. The Hall–Kier alpha value is -2.57. The SMILES string of the molecule is c1cncc(-c2nc(NCCC[NH+]3CCOCC3)c3ccccc3n2)c1. The molecule has 6 heteroatoms. The van der Waals surface area contributed by atoms with Gasteiger partial charge in [-0.3, -0.25) is 4.98 Å². The summed E-state index contributed by atoms with van der Waals surface area (Å²) in [6, 6.07) is 12.0. The third kappa shape index (κ3) is 3.98. The maximum atomic E-state index is 5.42. The summed E-state index contributed by atoms with van der Waals surface area (Å²) in [5, 5.41) is 4.58. The molecular formula is C20H24N5O+. The van der Waals surface area contributed by atoms with Crippen LogP contribution in [0.15, 0.2) is 48.8 Å². The van der Waals surface area contributed by atoms with E-state index >= 15 is 0 Å². The van der Waals surface area contributed by atoms with Crippen LogP contribution < -0.4 is 10.2 Å². The lowest BCUT2D eigenvalue weighted by atomic mass is 10.2. The highest BCUT2D eigenvalue weighted by Crippen LogP contribution is 2.24. The highest BCUT2D eigenvalue weighted by molar-refractivity contribution is 5.90. The number of benzene rings is 1. The van der Waals surface area contributed by atoms with Crippen molar-refractivity contribution >= 4 is 16.7 Å². The van der Waals surface area contributed by atoms with Crippen molar-refractivity contribution in [3.8, 4) is 11.4 Å². The minimum atomic E-state index is 0.707. The third-order valence-corrected chi connectivity index (χ3v) is 4.72. The van der Waals surface area contributed by atoms with Crippen molar-refractivity contribution in [1.29, 1.82) is 0 Å². The summed E-state index contributed by atoms with van der Waals surface area (Å²) in [5.74, 6) is 1.60. The van der Waals surface area contributed by atoms with Crippen molar-refractivity contribution in [1.82, 2.24) is 15.0 Å². The maximum Gasteiger partial charge on any atom is 0.163 e. The van der Waals surface area contributed by atoms with Gasteiger partial charge in [0.15, 0.2) is 5.82 Å². The lowest BCUT2D eigenvalue weighted by Crippen LogP contribution is -3.14. The Bertz CT molecular complexity index is 849. The first-order chi connectivity index (χ1) is 12.9. The van der Waals surface area contributed by atoms with Crippen molar-refractivity contribution in [3.05, 3.63) is 48.8 Å². The van der Waals surface area contributed by atoms with Crippen LogP contribution in [0.2, 0.25) is 0 Å². The van der Waals surface area contributed by atoms with Crippen LogP contribution in [-0.2, 0) is 4.74 Å². The van der Waals surface area contributed by atoms with Gasteiger partial charge in [-0.05, 0) is 24.3 Å². The van der Waals surface area contributed by atoms with Gasteiger partial charge in [0, 0.05) is 36.3 Å². The topological polar surface area (TPSA) is 64.4 Å². The lowest BCUT2D eigenvalue weighted by molar-refractivity contribution is -0.908. The highest BCUT2D eigenvalue weighted by atomic mass is 16.5. The van der Waals surface area contributed by atoms with Crippen molar-refractivity contribution in [2.24, 2.45) is 0 Å². The van der Waals surface area contributed by atoms with Crippen molar-refractivity contribution in [3.63, 3.8) is 0 Å². The molecule has 26 heavy (non-hydrogen) atoms. The van der Waals surface area contributed by atoms with Gasteiger partial charge in [-0.1, -0.05) is 12.1 Å². The summed E-state index contributed by atoms with van der Waals surface area (Å²) in [6.45, 7) is 6.05. The first-order valence-electron chi connectivity index (χ1n) is 9.22. The second kappa shape index (κ2) is 8.21. The molecule has 0 bridgehead atoms. The van der Waals surface area contributed by atoms with Crippen LogP contribution in [0.5, 0.6) is 0 Å². The number of hydrogen-bond donors (Lipinski definition) is 2. The second-order valence-corrected chi connectivity index (χ2v) is 6.55. The second-order valence-electron chi connectivity index (χ2n) is 6.55. The molecule has 3 aromatic rings. The summed E-state index contributed by atoms with van der Waals surface area (Å²) in [5.41, 5.74) is 1.88. The molecule has 6 nitrogen and oxygen atoms in total. The average Bonchev–Trinajstić information content (AvgIpc) is 2.72. The number of nitrogens with zero attached hydrogens (tertiary/aromatic N) is 3. The third-order valence-electron chi connectivity index (χ3n) is 4.72. The van der Waals surface area contributed by atoms with E-state index in [1.165, 1.54) is 0 Å². The molecule has 2 N–H and O–H groups in total. The molecule has 0 radical (unpaired) electrons. The zero-order valence-electron chi connectivity index (χ0n) is 14.8. The monoisotopic (exact) mass is 350 g/mol. The summed E-state index contributed by atoms with van der Waals surface area (Å²) >= 11 is 0. The molecule has 0 spiro atoms. The first kappa shape index (κ1) is 16.9. The zero-order valence-corrected chi connectivity index (χ0v) is 14.8. The predicted octanol–water partition coefficient (Wildman–Crippen LogP) is 1.41. The normalized spacial score (nSPS) is 15.2. The average molecular weight is 350 g/mol. The minimum absolute atomic E-state index is 0.707. The number of aromatic nitrogens is 3. The molecule has 3 heterocycles. The summed E-state index contributed by atoms with van der Waals surface area (Å²) in [7, 11) is 0. The van der Waals surface area contributed by atoms with Gasteiger partial charge in [0.1, 0.15) is 18.9 Å². The summed E-state index contributed by atoms with van der Waals surface area (Å²) in [4.78, 5) is 15.3. The van der Waals surface area contributed by atoms with Crippen molar-refractivity contribution in [2.75, 3.05) is 44.7 Å². The number of rotatable bonds is 6. The van der Waals surface area contributed by atoms with Gasteiger partial charge in [-0.15, -0.1) is 0 Å². The smallest absolute Gasteiger partial charge is 0.163 e. The van der Waals surface area contributed by atoms with Crippen molar-refractivity contribution < 1.29 is 9.64 Å². The number of para-hydroxylation sites is 1. The molecule has 0 aliphatic carbocycles. The Morgan fingerprint density at radius 2 is 1.92 bits per heavy atom. The molecule has 4 rings (SSSR count). The maximum absolute atomic E-state index is 5.42. The van der Waals surface area contributed by atoms with Gasteiger partial charge in [0.25, 0.3) is 0 Å². The number of hydrogen-bond acceptors (Lipinski definition) is 5. The quantitative estimate of drug-likeness (QED) is 0.658. The van der Waals surface area contributed by atoms with Crippen LogP contribution in [-0.4, -0.2) is 54.3 Å². The Kier molecular flexibility index (Phi) is 5.33. The number of quaternary nitrogens is 1. The number of morpholine rings is 1. The number of fused-ring (bicyclic) bond motifs is 1. The van der Waals surface area contributed by atoms with Gasteiger partial charge in [-0.2, -0.15) is 0 Å². The van der Waals surface area contributed by atoms with Crippen LogP contribution in [0.25, 0.3) is 22.3 Å². The van der Waals surface area contributed by atoms with E-state index in [-0.39, 0.29) is 0 Å². The van der Waals surface area contributed by atoms with E-state index in [9.17, 15) is 0 Å². The van der Waals surface area contributed by atoms with E-state index in [2.05, 4.69) is 16.4 Å². The predicted molar refractivity (Wildman–Crippen MR) is 102 cm³/mol. The number of ether oxygens (including phenoxy) is 1. The number of pyridine rings is 1. The van der Waals surface area contributed by atoms with Crippen LogP contribution in [0.3, 0.4) is 0 Å². The molecule has 0 saturated carbocycles. The first-order valence-corrected chi connectivity index (χ1v) is 9.22. The van der Waals surface area contributed by atoms with E-state index in [1.807, 2.05) is 30.3 Å². The van der Waals surface area contributed by atoms with E-state index in [0.717, 1.165) is 68.1 Å². The molecule has 2 aromatic heterocycles. The highest BCUT2D eigenvalue weighted by Gasteiger charge is 2.13. The zero-order chi connectivity index (χ0) is 17.6. The van der Waals surface area contributed by atoms with Gasteiger partial charge >= 0.3 is 0 Å². The van der Waals surface area contributed by atoms with Crippen LogP contribution in [0.4, 0.5) is 5.82 Å². The molecule has 1 fully saturated rings. The Balaban J connectivity index is 1.49. The van der Waals surface area contributed by atoms with E-state index in [4.69, 9.17) is 14.7 Å². The van der Waals surface area contributed by atoms with Crippen molar-refractivity contribution in [2.45, 2.75) is 6.42 Å². The molecule has 1 aliphatic heterocycles. The molecule has 1 saturated heterocycles. The van der Waals surface area contributed by atoms with Gasteiger partial charge in [-0.25, -0.2) is 9.97 Å². The fourth-order valence-electron chi connectivity index (χ4n) is 3.29. The van der Waals surface area contributed by atoms with Crippen LogP contribution in [0.1, 0.15) is 6.42 Å². The van der Waals surface area contributed by atoms with Gasteiger partial charge in [0.2, 0.25) is 0 Å². The molecule has 1 aromatic carbocycles. The fraction of sp³-hybridized carbons (Fsp3) is 0.350. The van der Waals surface area contributed by atoms with E-state index < -0.39 is 0 Å². The standard InChI is InChI=1S/C20H23N5O/c1-2-7-18-17(6-1)20(22-9-4-10-25-11-13-26-14-12-25)24-19(23-18)16-5-3-8-21-15-16/h1-3,5-8,15H,4,9-14H2,(H,22,23,24)/p+1. The molecule has 0 atom stereocenters. The van der Waals surface area contributed by atoms with Gasteiger partial charge < -0.3 is 15.0 Å². The molecule has 134 valence electrons. The van der Waals surface area contributed by atoms with Crippen LogP contribution >= 0.6 is 0 Å². The fourth-order valence-corrected chi connectivity index (χ4v) is 3.29. The lowest BCUT2D eigenvalue weighted by Gasteiger charge is -2.23. The molecule has 0 amide bonds. The largest absolute Gasteiger partial charge is 0.370 e. The summed E-state index contributed by atoms with van der Waals surface area (Å²) < 4.78 is 5.42. The molecule has 1 aliphatic rings. The number of anilines is 1. The Labute approximate surface area is 153 Å². The Morgan fingerprint density at radius 1 is 1.04 bits per heavy atom. The van der Waals surface area contributed by atoms with Crippen LogP contribution in [0, 0.1) is 0 Å².